The average molecular weight is 599 g/mol. The van der Waals surface area contributed by atoms with Gasteiger partial charge in [0.15, 0.2) is 6.29 Å². The molecule has 7 heteroatoms. The van der Waals surface area contributed by atoms with Crippen molar-refractivity contribution in [3.63, 3.8) is 0 Å². The number of ether oxygens (including phenoxy) is 3. The van der Waals surface area contributed by atoms with E-state index < -0.39 is 39.0 Å². The molecule has 6 nitrogen and oxygen atoms in total. The van der Waals surface area contributed by atoms with Crippen LogP contribution in [0.15, 0.2) is 121 Å². The third-order valence-corrected chi connectivity index (χ3v) is 13.1. The van der Waals surface area contributed by atoms with E-state index in [2.05, 4.69) is 45.0 Å². The summed E-state index contributed by atoms with van der Waals surface area (Å²) in [6, 6.07) is 40.2. The molecule has 0 bridgehead atoms. The minimum absolute atomic E-state index is 0.00126. The van der Waals surface area contributed by atoms with Crippen molar-refractivity contribution in [3.8, 4) is 0 Å². The number of aliphatic hydroxyl groups excluding tert-OH is 2. The van der Waals surface area contributed by atoms with Gasteiger partial charge in [0.05, 0.1) is 19.8 Å². The van der Waals surface area contributed by atoms with Crippen molar-refractivity contribution in [3.05, 3.63) is 132 Å². The Morgan fingerprint density at radius 3 is 1.53 bits per heavy atom. The second-order valence-corrected chi connectivity index (χ2v) is 16.4. The number of hydrogen-bond donors (Lipinski definition) is 2. The van der Waals surface area contributed by atoms with Gasteiger partial charge < -0.3 is 28.8 Å². The van der Waals surface area contributed by atoms with Gasteiger partial charge in [-0.15, -0.1) is 0 Å². The van der Waals surface area contributed by atoms with Crippen LogP contribution in [0.1, 0.15) is 31.9 Å². The van der Waals surface area contributed by atoms with Gasteiger partial charge in [0.25, 0.3) is 8.32 Å². The summed E-state index contributed by atoms with van der Waals surface area (Å²) in [6.45, 7) is 7.15. The Labute approximate surface area is 256 Å². The van der Waals surface area contributed by atoms with Gasteiger partial charge in [-0.3, -0.25) is 0 Å². The van der Waals surface area contributed by atoms with Crippen LogP contribution in [0.4, 0.5) is 0 Å². The maximum atomic E-state index is 11.7. The van der Waals surface area contributed by atoms with E-state index >= 15 is 0 Å². The Hall–Kier alpha value is -3.14. The molecule has 0 amide bonds. The predicted molar refractivity (Wildman–Crippen MR) is 170 cm³/mol. The Morgan fingerprint density at radius 2 is 1.09 bits per heavy atom. The van der Waals surface area contributed by atoms with Gasteiger partial charge in [0.2, 0.25) is 0 Å². The molecular weight excluding hydrogens is 556 g/mol. The van der Waals surface area contributed by atoms with Crippen LogP contribution in [0.3, 0.4) is 0 Å². The maximum absolute atomic E-state index is 11.7. The lowest BCUT2D eigenvalue weighted by Gasteiger charge is -2.43. The summed E-state index contributed by atoms with van der Waals surface area (Å²) in [5.74, 6) is 0. The molecule has 0 radical (unpaired) electrons. The first kappa shape index (κ1) is 31.3. The van der Waals surface area contributed by atoms with Crippen molar-refractivity contribution in [2.24, 2.45) is 0 Å². The van der Waals surface area contributed by atoms with Gasteiger partial charge in [-0.25, -0.2) is 0 Å². The number of benzene rings is 4. The van der Waals surface area contributed by atoms with Crippen LogP contribution in [0.5, 0.6) is 0 Å². The molecule has 43 heavy (non-hydrogen) atoms. The SMILES string of the molecule is CC(C)(C)[Si](OC[C@@H](O)[C@@H]1O[C@@H](O)[C@H](OCc2ccccc2)[C@H]1OCc1ccccc1)(c1ccccc1)c1ccccc1. The van der Waals surface area contributed by atoms with Crippen LogP contribution in [-0.4, -0.2) is 55.8 Å². The molecule has 1 aliphatic heterocycles. The van der Waals surface area contributed by atoms with Crippen LogP contribution in [0.25, 0.3) is 0 Å². The summed E-state index contributed by atoms with van der Waals surface area (Å²) in [6.07, 6.45) is -4.73. The fourth-order valence-corrected chi connectivity index (χ4v) is 10.5. The second-order valence-electron chi connectivity index (χ2n) is 12.1. The number of rotatable bonds is 12. The van der Waals surface area contributed by atoms with Crippen LogP contribution < -0.4 is 10.4 Å². The molecule has 1 fully saturated rings. The normalized spacial score (nSPS) is 21.5. The molecule has 5 atom stereocenters. The molecule has 1 aliphatic rings. The van der Waals surface area contributed by atoms with E-state index in [1.807, 2.05) is 97.1 Å². The Morgan fingerprint density at radius 1 is 0.674 bits per heavy atom. The van der Waals surface area contributed by atoms with Crippen LogP contribution in [-0.2, 0) is 31.9 Å². The van der Waals surface area contributed by atoms with Crippen molar-refractivity contribution < 1.29 is 28.8 Å². The third-order valence-electron chi connectivity index (χ3n) is 8.06. The van der Waals surface area contributed by atoms with E-state index in [9.17, 15) is 10.2 Å². The van der Waals surface area contributed by atoms with Crippen molar-refractivity contribution in [1.29, 1.82) is 0 Å². The highest BCUT2D eigenvalue weighted by atomic mass is 28.4. The smallest absolute Gasteiger partial charge is 0.261 e. The van der Waals surface area contributed by atoms with E-state index in [-0.39, 0.29) is 24.9 Å². The van der Waals surface area contributed by atoms with E-state index in [1.165, 1.54) is 0 Å². The zero-order valence-electron chi connectivity index (χ0n) is 25.1. The van der Waals surface area contributed by atoms with Gasteiger partial charge in [0.1, 0.15) is 24.4 Å². The van der Waals surface area contributed by atoms with Crippen molar-refractivity contribution >= 4 is 18.7 Å². The number of aliphatic hydroxyl groups is 2. The first-order valence-electron chi connectivity index (χ1n) is 14.9. The van der Waals surface area contributed by atoms with E-state index in [0.29, 0.717) is 0 Å². The lowest BCUT2D eigenvalue weighted by Crippen LogP contribution is -2.67. The molecule has 0 aliphatic carbocycles. The summed E-state index contributed by atoms with van der Waals surface area (Å²) < 4.78 is 25.5. The molecule has 0 aromatic heterocycles. The molecule has 5 rings (SSSR count). The van der Waals surface area contributed by atoms with Gasteiger partial charge in [-0.1, -0.05) is 142 Å². The van der Waals surface area contributed by atoms with Gasteiger partial charge in [0, 0.05) is 0 Å². The monoisotopic (exact) mass is 598 g/mol. The molecule has 2 N–H and O–H groups in total. The molecule has 1 saturated heterocycles. The largest absolute Gasteiger partial charge is 0.405 e. The fraction of sp³-hybridized carbons (Fsp3) is 0.333. The average Bonchev–Trinajstić information content (AvgIpc) is 3.35. The van der Waals surface area contributed by atoms with E-state index in [1.54, 1.807) is 0 Å². The first-order valence-corrected chi connectivity index (χ1v) is 16.8. The summed E-state index contributed by atoms with van der Waals surface area (Å²) in [7, 11) is -2.90. The summed E-state index contributed by atoms with van der Waals surface area (Å²) >= 11 is 0. The van der Waals surface area contributed by atoms with E-state index in [0.717, 1.165) is 21.5 Å². The van der Waals surface area contributed by atoms with E-state index in [4.69, 9.17) is 18.6 Å². The lowest BCUT2D eigenvalue weighted by atomic mass is 10.1. The van der Waals surface area contributed by atoms with Crippen molar-refractivity contribution in [1.82, 2.24) is 0 Å². The van der Waals surface area contributed by atoms with Crippen molar-refractivity contribution in [2.75, 3.05) is 6.61 Å². The zero-order valence-corrected chi connectivity index (χ0v) is 26.1. The van der Waals surface area contributed by atoms with Gasteiger partial charge in [-0.2, -0.15) is 0 Å². The molecule has 0 spiro atoms. The summed E-state index contributed by atoms with van der Waals surface area (Å²) in [4.78, 5) is 0. The van der Waals surface area contributed by atoms with Crippen LogP contribution in [0, 0.1) is 0 Å². The summed E-state index contributed by atoms with van der Waals surface area (Å²) in [5, 5.41) is 24.7. The third kappa shape index (κ3) is 7.16. The van der Waals surface area contributed by atoms with Crippen LogP contribution >= 0.6 is 0 Å². The molecule has 1 heterocycles. The predicted octanol–water partition coefficient (Wildman–Crippen LogP) is 4.81. The molecule has 0 saturated carbocycles. The maximum Gasteiger partial charge on any atom is 0.261 e. The fourth-order valence-electron chi connectivity index (χ4n) is 5.94. The Bertz CT molecular complexity index is 1340. The Balaban J connectivity index is 1.40. The summed E-state index contributed by atoms with van der Waals surface area (Å²) in [5.41, 5.74) is 1.94. The second kappa shape index (κ2) is 14.1. The molecular formula is C36H42O6Si. The zero-order chi connectivity index (χ0) is 30.3. The standard InChI is InChI=1S/C36H42O6Si/c1-36(2,3)43(29-20-12-6-13-21-29,30-22-14-7-15-23-30)41-26-31(37)32-33(39-24-27-16-8-4-9-17-27)34(35(38)42-32)40-25-28-18-10-5-11-19-28/h4-23,31-35,37-38H,24-26H2,1-3H3/t31-,32+,33+,34-,35-/m1/s1. The Kier molecular flexibility index (Phi) is 10.3. The van der Waals surface area contributed by atoms with Crippen LogP contribution in [0.2, 0.25) is 5.04 Å². The van der Waals surface area contributed by atoms with Crippen molar-refractivity contribution in [2.45, 2.75) is 69.7 Å². The molecule has 4 aromatic rings. The molecule has 4 aromatic carbocycles. The highest BCUT2D eigenvalue weighted by molar-refractivity contribution is 6.99. The first-order chi connectivity index (χ1) is 20.8. The van der Waals surface area contributed by atoms with Gasteiger partial charge >= 0.3 is 0 Å². The molecule has 226 valence electrons. The minimum atomic E-state index is -2.90. The minimum Gasteiger partial charge on any atom is -0.405 e. The number of hydrogen-bond acceptors (Lipinski definition) is 6. The quantitative estimate of drug-likeness (QED) is 0.228. The van der Waals surface area contributed by atoms with Gasteiger partial charge in [-0.05, 0) is 26.5 Å². The molecule has 0 unspecified atom stereocenters. The highest BCUT2D eigenvalue weighted by Crippen LogP contribution is 2.37. The highest BCUT2D eigenvalue weighted by Gasteiger charge is 2.53. The lowest BCUT2D eigenvalue weighted by molar-refractivity contribution is -0.160. The topological polar surface area (TPSA) is 77.4 Å².